The summed E-state index contributed by atoms with van der Waals surface area (Å²) in [5, 5.41) is -0.0645. The Bertz CT molecular complexity index is 534. The Hall–Kier alpha value is -0.540. The lowest BCUT2D eigenvalue weighted by molar-refractivity contribution is 1.10. The van der Waals surface area contributed by atoms with Gasteiger partial charge in [-0.1, -0.05) is 35.9 Å². The van der Waals surface area contributed by atoms with E-state index < -0.39 is 0 Å². The van der Waals surface area contributed by atoms with Crippen LogP contribution in [-0.2, 0) is 0 Å². The molecule has 0 aliphatic heterocycles. The van der Waals surface area contributed by atoms with E-state index in [0.717, 1.165) is 5.56 Å². The fourth-order valence-electron chi connectivity index (χ4n) is 1.95. The Morgan fingerprint density at radius 3 is 2.47 bits per heavy atom. The predicted octanol–water partition coefficient (Wildman–Crippen LogP) is 5.24. The topological polar surface area (TPSA) is 0 Å². The Labute approximate surface area is 121 Å². The highest BCUT2D eigenvalue weighted by atomic mass is 127. The second kappa shape index (κ2) is 5.40. The van der Waals surface area contributed by atoms with Gasteiger partial charge >= 0.3 is 0 Å². The van der Waals surface area contributed by atoms with Crippen molar-refractivity contribution in [2.75, 3.05) is 0 Å². The van der Waals surface area contributed by atoms with E-state index in [4.69, 9.17) is 11.6 Å². The Kier molecular flexibility index (Phi) is 4.10. The zero-order chi connectivity index (χ0) is 12.4. The van der Waals surface area contributed by atoms with Crippen LogP contribution in [0.2, 0.25) is 0 Å². The van der Waals surface area contributed by atoms with Crippen LogP contribution in [0.25, 0.3) is 0 Å². The van der Waals surface area contributed by atoms with Crippen molar-refractivity contribution in [1.82, 2.24) is 0 Å². The number of hydrogen-bond donors (Lipinski definition) is 0. The molecule has 0 nitrogen and oxygen atoms in total. The highest BCUT2D eigenvalue weighted by Gasteiger charge is 2.13. The summed E-state index contributed by atoms with van der Waals surface area (Å²) in [6, 6.07) is 14.8. The SMILES string of the molecule is Cc1ccc(C(Cl)c2cccc(I)c2)c(C)c1. The first-order valence-electron chi connectivity index (χ1n) is 5.54. The summed E-state index contributed by atoms with van der Waals surface area (Å²) in [6.07, 6.45) is 0. The van der Waals surface area contributed by atoms with E-state index >= 15 is 0 Å². The molecule has 0 aromatic heterocycles. The molecule has 88 valence electrons. The van der Waals surface area contributed by atoms with Gasteiger partial charge in [0, 0.05) is 3.57 Å². The van der Waals surface area contributed by atoms with Crippen LogP contribution < -0.4 is 0 Å². The van der Waals surface area contributed by atoms with Crippen molar-refractivity contribution in [3.8, 4) is 0 Å². The highest BCUT2D eigenvalue weighted by Crippen LogP contribution is 2.31. The molecule has 0 amide bonds. The van der Waals surface area contributed by atoms with Crippen LogP contribution in [0, 0.1) is 17.4 Å². The predicted molar refractivity (Wildman–Crippen MR) is 82.8 cm³/mol. The molecule has 2 aromatic carbocycles. The molecular formula is C15H14ClI. The lowest BCUT2D eigenvalue weighted by Gasteiger charge is -2.14. The van der Waals surface area contributed by atoms with E-state index in [1.807, 2.05) is 0 Å². The molecule has 17 heavy (non-hydrogen) atoms. The molecule has 2 heteroatoms. The molecule has 2 aromatic rings. The second-order valence-corrected chi connectivity index (χ2v) is 5.96. The van der Waals surface area contributed by atoms with Gasteiger partial charge in [0.1, 0.15) is 0 Å². The number of alkyl halides is 1. The highest BCUT2D eigenvalue weighted by molar-refractivity contribution is 14.1. The normalized spacial score (nSPS) is 12.5. The Balaban J connectivity index is 2.40. The van der Waals surface area contributed by atoms with Gasteiger partial charge in [-0.25, -0.2) is 0 Å². The molecule has 0 aliphatic carbocycles. The minimum atomic E-state index is -0.0645. The van der Waals surface area contributed by atoms with Crippen LogP contribution >= 0.6 is 34.2 Å². The van der Waals surface area contributed by atoms with Gasteiger partial charge in [0.15, 0.2) is 0 Å². The number of benzene rings is 2. The van der Waals surface area contributed by atoms with E-state index in [1.165, 1.54) is 20.3 Å². The fourth-order valence-corrected chi connectivity index (χ4v) is 2.90. The summed E-state index contributed by atoms with van der Waals surface area (Å²) >= 11 is 8.87. The van der Waals surface area contributed by atoms with E-state index in [9.17, 15) is 0 Å². The molecule has 1 unspecified atom stereocenters. The van der Waals surface area contributed by atoms with Gasteiger partial charge in [-0.05, 0) is 65.3 Å². The van der Waals surface area contributed by atoms with Crippen molar-refractivity contribution in [2.24, 2.45) is 0 Å². The molecule has 0 saturated heterocycles. The third-order valence-corrected chi connectivity index (χ3v) is 4.00. The van der Waals surface area contributed by atoms with Crippen LogP contribution in [0.4, 0.5) is 0 Å². The zero-order valence-corrected chi connectivity index (χ0v) is 12.8. The van der Waals surface area contributed by atoms with E-state index in [0.29, 0.717) is 0 Å². The summed E-state index contributed by atoms with van der Waals surface area (Å²) < 4.78 is 1.22. The summed E-state index contributed by atoms with van der Waals surface area (Å²) in [7, 11) is 0. The second-order valence-electron chi connectivity index (χ2n) is 4.28. The largest absolute Gasteiger partial charge is 0.113 e. The van der Waals surface area contributed by atoms with Crippen molar-refractivity contribution < 1.29 is 0 Å². The van der Waals surface area contributed by atoms with E-state index in [1.54, 1.807) is 0 Å². The first-order valence-corrected chi connectivity index (χ1v) is 7.06. The summed E-state index contributed by atoms with van der Waals surface area (Å²) in [4.78, 5) is 0. The quantitative estimate of drug-likeness (QED) is 0.510. The minimum Gasteiger partial charge on any atom is -0.113 e. The third-order valence-electron chi connectivity index (χ3n) is 2.84. The number of rotatable bonds is 2. The minimum absolute atomic E-state index is 0.0645. The van der Waals surface area contributed by atoms with Crippen molar-refractivity contribution in [1.29, 1.82) is 0 Å². The molecule has 1 atom stereocenters. The molecule has 0 saturated carbocycles. The van der Waals surface area contributed by atoms with E-state index in [-0.39, 0.29) is 5.38 Å². The van der Waals surface area contributed by atoms with Gasteiger partial charge in [0.25, 0.3) is 0 Å². The van der Waals surface area contributed by atoms with Crippen LogP contribution in [0.1, 0.15) is 27.6 Å². The fraction of sp³-hybridized carbons (Fsp3) is 0.200. The van der Waals surface area contributed by atoms with Crippen molar-refractivity contribution in [3.63, 3.8) is 0 Å². The van der Waals surface area contributed by atoms with Crippen molar-refractivity contribution in [2.45, 2.75) is 19.2 Å². The molecule has 0 bridgehead atoms. The Morgan fingerprint density at radius 2 is 1.82 bits per heavy atom. The maximum Gasteiger partial charge on any atom is 0.0838 e. The molecule has 0 spiro atoms. The maximum atomic E-state index is 6.56. The monoisotopic (exact) mass is 356 g/mol. The van der Waals surface area contributed by atoms with Gasteiger partial charge in [0.05, 0.1) is 5.38 Å². The first kappa shape index (κ1) is 12.9. The third kappa shape index (κ3) is 3.02. The van der Waals surface area contributed by atoms with Gasteiger partial charge in [0.2, 0.25) is 0 Å². The lowest BCUT2D eigenvalue weighted by Crippen LogP contribution is -1.97. The summed E-state index contributed by atoms with van der Waals surface area (Å²) in [5.41, 5.74) is 4.88. The molecule has 0 radical (unpaired) electrons. The van der Waals surface area contributed by atoms with Crippen molar-refractivity contribution in [3.05, 3.63) is 68.3 Å². The van der Waals surface area contributed by atoms with Crippen LogP contribution in [0.5, 0.6) is 0 Å². The molecule has 0 N–H and O–H groups in total. The van der Waals surface area contributed by atoms with Crippen molar-refractivity contribution >= 4 is 34.2 Å². The van der Waals surface area contributed by atoms with Crippen LogP contribution in [0.3, 0.4) is 0 Å². The van der Waals surface area contributed by atoms with Gasteiger partial charge in [-0.3, -0.25) is 0 Å². The van der Waals surface area contributed by atoms with Crippen LogP contribution in [-0.4, -0.2) is 0 Å². The maximum absolute atomic E-state index is 6.56. The average Bonchev–Trinajstić information content (AvgIpc) is 2.28. The van der Waals surface area contributed by atoms with Gasteiger partial charge in [-0.2, -0.15) is 0 Å². The molecule has 0 aliphatic rings. The van der Waals surface area contributed by atoms with Gasteiger partial charge < -0.3 is 0 Å². The van der Waals surface area contributed by atoms with Crippen LogP contribution in [0.15, 0.2) is 42.5 Å². The number of halogens is 2. The first-order chi connectivity index (χ1) is 8.08. The van der Waals surface area contributed by atoms with Gasteiger partial charge in [-0.15, -0.1) is 11.6 Å². The smallest absolute Gasteiger partial charge is 0.0838 e. The standard InChI is InChI=1S/C15H14ClI/c1-10-6-7-14(11(2)8-10)15(16)12-4-3-5-13(17)9-12/h3-9,15H,1-2H3. The average molecular weight is 357 g/mol. The molecule has 2 rings (SSSR count). The zero-order valence-electron chi connectivity index (χ0n) is 9.87. The number of aryl methyl sites for hydroxylation is 2. The molecule has 0 heterocycles. The number of hydrogen-bond acceptors (Lipinski definition) is 0. The Morgan fingerprint density at radius 1 is 1.06 bits per heavy atom. The summed E-state index contributed by atoms with van der Waals surface area (Å²) in [5.74, 6) is 0. The summed E-state index contributed by atoms with van der Waals surface area (Å²) in [6.45, 7) is 4.22. The molecule has 0 fully saturated rings. The molecular weight excluding hydrogens is 343 g/mol. The lowest BCUT2D eigenvalue weighted by atomic mass is 9.98. The van der Waals surface area contributed by atoms with E-state index in [2.05, 4.69) is 78.9 Å².